The molecule has 10 heteroatoms. The van der Waals surface area contributed by atoms with Gasteiger partial charge in [0.25, 0.3) is 5.91 Å². The predicted octanol–water partition coefficient (Wildman–Crippen LogP) is 3.17. The summed E-state index contributed by atoms with van der Waals surface area (Å²) in [6, 6.07) is 11.4. The highest BCUT2D eigenvalue weighted by atomic mass is 32.2. The van der Waals surface area contributed by atoms with Gasteiger partial charge in [0.05, 0.1) is 37.4 Å². The summed E-state index contributed by atoms with van der Waals surface area (Å²) in [5, 5.41) is 5.73. The van der Waals surface area contributed by atoms with E-state index in [9.17, 15) is 18.0 Å². The minimum absolute atomic E-state index is 0.119. The fourth-order valence-electron chi connectivity index (χ4n) is 3.99. The topological polar surface area (TPSA) is 114 Å². The van der Waals surface area contributed by atoms with Crippen LogP contribution in [0.4, 0.5) is 11.4 Å². The molecule has 34 heavy (non-hydrogen) atoms. The summed E-state index contributed by atoms with van der Waals surface area (Å²) in [5.41, 5.74) is 0.842. The Morgan fingerprint density at radius 3 is 2.38 bits per heavy atom. The molecule has 2 N–H and O–H groups in total. The summed E-state index contributed by atoms with van der Waals surface area (Å²) in [6.45, 7) is -0.500. The third-order valence-corrected chi connectivity index (χ3v) is 6.86. The number of nitrogens with one attached hydrogen (secondary N) is 2. The fraction of sp³-hybridized carbons (Fsp3) is 0.417. The largest absolute Gasteiger partial charge is 0.497 e. The van der Waals surface area contributed by atoms with Crippen LogP contribution in [0.25, 0.3) is 0 Å². The van der Waals surface area contributed by atoms with Crippen molar-refractivity contribution in [1.29, 1.82) is 0 Å². The molecule has 0 heterocycles. The highest BCUT2D eigenvalue weighted by molar-refractivity contribution is 7.92. The van der Waals surface area contributed by atoms with Crippen LogP contribution in [0.15, 0.2) is 42.5 Å². The van der Waals surface area contributed by atoms with Crippen molar-refractivity contribution in [2.75, 3.05) is 36.6 Å². The normalized spacial score (nSPS) is 14.2. The van der Waals surface area contributed by atoms with Gasteiger partial charge in [0.15, 0.2) is 0 Å². The Hall–Kier alpha value is -3.27. The minimum Gasteiger partial charge on any atom is -0.497 e. The van der Waals surface area contributed by atoms with E-state index < -0.39 is 22.5 Å². The van der Waals surface area contributed by atoms with E-state index in [1.54, 1.807) is 30.3 Å². The van der Waals surface area contributed by atoms with Crippen LogP contribution in [0, 0.1) is 0 Å². The average Bonchev–Trinajstić information content (AvgIpc) is 2.82. The standard InChI is InChI=1S/C24H31N3O6S/c1-32-18-13-14-21(22(15-18)33-2)27(34(3,30)31)16-23(28)26-20-12-8-7-11-19(20)24(29)25-17-9-5-4-6-10-17/h7-8,11-15,17H,4-6,9-10,16H2,1-3H3,(H,25,29)(H,26,28). The first-order valence-electron chi connectivity index (χ1n) is 11.1. The summed E-state index contributed by atoms with van der Waals surface area (Å²) < 4.78 is 36.5. The molecule has 9 nitrogen and oxygen atoms in total. The van der Waals surface area contributed by atoms with E-state index in [0.29, 0.717) is 17.0 Å². The first-order chi connectivity index (χ1) is 16.2. The zero-order valence-electron chi connectivity index (χ0n) is 19.7. The Kier molecular flexibility index (Phi) is 8.38. The van der Waals surface area contributed by atoms with Crippen LogP contribution in [-0.2, 0) is 14.8 Å². The van der Waals surface area contributed by atoms with Crippen molar-refractivity contribution < 1.29 is 27.5 Å². The Balaban J connectivity index is 1.79. The monoisotopic (exact) mass is 489 g/mol. The second-order valence-corrected chi connectivity index (χ2v) is 10.1. The summed E-state index contributed by atoms with van der Waals surface area (Å²) in [5.74, 6) is -0.137. The van der Waals surface area contributed by atoms with E-state index >= 15 is 0 Å². The minimum atomic E-state index is -3.83. The fourth-order valence-corrected chi connectivity index (χ4v) is 4.85. The molecular formula is C24H31N3O6S. The smallest absolute Gasteiger partial charge is 0.253 e. The van der Waals surface area contributed by atoms with Crippen molar-refractivity contribution >= 4 is 33.2 Å². The molecule has 184 valence electrons. The number of benzene rings is 2. The number of sulfonamides is 1. The second-order valence-electron chi connectivity index (χ2n) is 8.21. The van der Waals surface area contributed by atoms with Crippen LogP contribution in [-0.4, -0.2) is 53.3 Å². The maximum Gasteiger partial charge on any atom is 0.253 e. The molecule has 0 aliphatic heterocycles. The van der Waals surface area contributed by atoms with Crippen molar-refractivity contribution in [2.24, 2.45) is 0 Å². The van der Waals surface area contributed by atoms with Crippen LogP contribution in [0.1, 0.15) is 42.5 Å². The molecule has 0 spiro atoms. The van der Waals surface area contributed by atoms with Crippen LogP contribution in [0.5, 0.6) is 11.5 Å². The predicted molar refractivity (Wildman–Crippen MR) is 131 cm³/mol. The Labute approximate surface area is 200 Å². The number of nitrogens with zero attached hydrogens (tertiary/aromatic N) is 1. The molecule has 1 aliphatic carbocycles. The molecule has 1 saturated carbocycles. The van der Waals surface area contributed by atoms with E-state index in [0.717, 1.165) is 36.2 Å². The zero-order valence-corrected chi connectivity index (χ0v) is 20.5. The average molecular weight is 490 g/mol. The number of methoxy groups -OCH3 is 2. The molecule has 1 fully saturated rings. The number of amides is 2. The maximum atomic E-state index is 12.9. The summed E-state index contributed by atoms with van der Waals surface area (Å²) in [6.07, 6.45) is 6.23. The molecule has 0 unspecified atom stereocenters. The third-order valence-electron chi connectivity index (χ3n) is 5.73. The molecular weight excluding hydrogens is 458 g/mol. The summed E-state index contributed by atoms with van der Waals surface area (Å²) in [7, 11) is -0.944. The lowest BCUT2D eigenvalue weighted by Gasteiger charge is -2.25. The Bertz CT molecular complexity index is 1130. The van der Waals surface area contributed by atoms with Gasteiger partial charge in [-0.1, -0.05) is 31.4 Å². The molecule has 3 rings (SSSR count). The van der Waals surface area contributed by atoms with Gasteiger partial charge in [-0.15, -0.1) is 0 Å². The highest BCUT2D eigenvalue weighted by Gasteiger charge is 2.25. The molecule has 0 bridgehead atoms. The van der Waals surface area contributed by atoms with Crippen molar-refractivity contribution in [3.63, 3.8) is 0 Å². The summed E-state index contributed by atoms with van der Waals surface area (Å²) in [4.78, 5) is 25.8. The number of rotatable bonds is 9. The Morgan fingerprint density at radius 1 is 1.03 bits per heavy atom. The highest BCUT2D eigenvalue weighted by Crippen LogP contribution is 2.33. The van der Waals surface area contributed by atoms with Crippen LogP contribution in [0.3, 0.4) is 0 Å². The quantitative estimate of drug-likeness (QED) is 0.559. The van der Waals surface area contributed by atoms with Crippen molar-refractivity contribution in [2.45, 2.75) is 38.1 Å². The van der Waals surface area contributed by atoms with Crippen molar-refractivity contribution in [3.8, 4) is 11.5 Å². The number of ether oxygens (including phenoxy) is 2. The van der Waals surface area contributed by atoms with E-state index in [1.165, 1.54) is 32.8 Å². The molecule has 2 amide bonds. The Morgan fingerprint density at radius 2 is 1.74 bits per heavy atom. The molecule has 0 aromatic heterocycles. The van der Waals surface area contributed by atoms with Gasteiger partial charge in [-0.05, 0) is 37.1 Å². The van der Waals surface area contributed by atoms with E-state index in [2.05, 4.69) is 10.6 Å². The molecule has 0 radical (unpaired) electrons. The van der Waals surface area contributed by atoms with Gasteiger partial charge in [0, 0.05) is 12.1 Å². The SMILES string of the molecule is COc1ccc(N(CC(=O)Nc2ccccc2C(=O)NC2CCCCC2)S(C)(=O)=O)c(OC)c1. The molecule has 2 aromatic carbocycles. The lowest BCUT2D eigenvalue weighted by Crippen LogP contribution is -2.39. The summed E-state index contributed by atoms with van der Waals surface area (Å²) >= 11 is 0. The van der Waals surface area contributed by atoms with Gasteiger partial charge in [-0.3, -0.25) is 13.9 Å². The van der Waals surface area contributed by atoms with Crippen molar-refractivity contribution in [3.05, 3.63) is 48.0 Å². The first kappa shape index (κ1) is 25.4. The van der Waals surface area contributed by atoms with Gasteiger partial charge in [-0.2, -0.15) is 0 Å². The van der Waals surface area contributed by atoms with Crippen LogP contribution >= 0.6 is 0 Å². The number of hydrogen-bond donors (Lipinski definition) is 2. The number of hydrogen-bond acceptors (Lipinski definition) is 6. The van der Waals surface area contributed by atoms with E-state index in [1.807, 2.05) is 0 Å². The van der Waals surface area contributed by atoms with Crippen LogP contribution < -0.4 is 24.4 Å². The van der Waals surface area contributed by atoms with Gasteiger partial charge in [-0.25, -0.2) is 8.42 Å². The van der Waals surface area contributed by atoms with Gasteiger partial charge in [0.1, 0.15) is 18.0 Å². The van der Waals surface area contributed by atoms with Gasteiger partial charge < -0.3 is 20.1 Å². The van der Waals surface area contributed by atoms with Crippen molar-refractivity contribution in [1.82, 2.24) is 5.32 Å². The third kappa shape index (κ3) is 6.40. The maximum absolute atomic E-state index is 12.9. The number of anilines is 2. The van der Waals surface area contributed by atoms with E-state index in [4.69, 9.17) is 9.47 Å². The lowest BCUT2D eigenvalue weighted by molar-refractivity contribution is -0.114. The van der Waals surface area contributed by atoms with Gasteiger partial charge >= 0.3 is 0 Å². The molecule has 0 saturated heterocycles. The lowest BCUT2D eigenvalue weighted by atomic mass is 9.95. The number of para-hydroxylation sites is 1. The van der Waals surface area contributed by atoms with Gasteiger partial charge in [0.2, 0.25) is 15.9 Å². The van der Waals surface area contributed by atoms with Crippen LogP contribution in [0.2, 0.25) is 0 Å². The molecule has 1 aliphatic rings. The molecule has 0 atom stereocenters. The zero-order chi connectivity index (χ0) is 24.7. The number of carbonyl (C=O) groups excluding carboxylic acids is 2. The number of carbonyl (C=O) groups is 2. The first-order valence-corrected chi connectivity index (χ1v) is 13.0. The van der Waals surface area contributed by atoms with E-state index in [-0.39, 0.29) is 23.4 Å². The molecule has 2 aromatic rings. The second kappa shape index (κ2) is 11.2.